The van der Waals surface area contributed by atoms with Crippen molar-refractivity contribution in [3.05, 3.63) is 29.8 Å². The number of piperidine rings is 1. The van der Waals surface area contributed by atoms with Gasteiger partial charge in [-0.3, -0.25) is 4.79 Å². The molecule has 0 radical (unpaired) electrons. The lowest BCUT2D eigenvalue weighted by molar-refractivity contribution is 0.101. The highest BCUT2D eigenvalue weighted by Crippen LogP contribution is 2.31. The van der Waals surface area contributed by atoms with Crippen molar-refractivity contribution < 1.29 is 13.2 Å². The average Bonchev–Trinajstić information content (AvgIpc) is 2.42. The Kier molecular flexibility index (Phi) is 4.54. The first-order valence-electron chi connectivity index (χ1n) is 7.36. The van der Waals surface area contributed by atoms with Crippen molar-refractivity contribution >= 4 is 15.8 Å². The van der Waals surface area contributed by atoms with Crippen LogP contribution < -0.4 is 0 Å². The summed E-state index contributed by atoms with van der Waals surface area (Å²) in [5.41, 5.74) is 0.432. The number of hydrogen-bond donors (Lipinski definition) is 0. The minimum Gasteiger partial charge on any atom is -0.295 e. The van der Waals surface area contributed by atoms with Gasteiger partial charge in [-0.05, 0) is 44.2 Å². The highest BCUT2D eigenvalue weighted by atomic mass is 32.2. The smallest absolute Gasteiger partial charge is 0.243 e. The molecule has 1 fully saturated rings. The largest absolute Gasteiger partial charge is 0.295 e. The standard InChI is InChI=1S/C16H23NO3S/c1-11-8-12(2)13(3)17(10-11)21(19,20)16-7-5-6-15(9-16)14(4)18/h5-7,9,11-13H,8,10H2,1-4H3. The summed E-state index contributed by atoms with van der Waals surface area (Å²) in [6, 6.07) is 6.30. The van der Waals surface area contributed by atoms with E-state index >= 15 is 0 Å². The lowest BCUT2D eigenvalue weighted by Gasteiger charge is -2.40. The fourth-order valence-corrected chi connectivity index (χ4v) is 4.88. The van der Waals surface area contributed by atoms with Crippen LogP contribution in [-0.2, 0) is 10.0 Å². The predicted molar refractivity (Wildman–Crippen MR) is 82.7 cm³/mol. The molecule has 1 aliphatic rings. The van der Waals surface area contributed by atoms with Crippen LogP contribution in [0.4, 0.5) is 0 Å². The number of rotatable bonds is 3. The summed E-state index contributed by atoms with van der Waals surface area (Å²) in [5.74, 6) is 0.557. The van der Waals surface area contributed by atoms with Gasteiger partial charge in [0.2, 0.25) is 10.0 Å². The zero-order chi connectivity index (χ0) is 15.8. The molecule has 0 saturated carbocycles. The Morgan fingerprint density at radius 3 is 2.52 bits per heavy atom. The van der Waals surface area contributed by atoms with Gasteiger partial charge >= 0.3 is 0 Å². The molecule has 1 saturated heterocycles. The maximum atomic E-state index is 12.9. The highest BCUT2D eigenvalue weighted by Gasteiger charge is 2.37. The van der Waals surface area contributed by atoms with E-state index in [4.69, 9.17) is 0 Å². The van der Waals surface area contributed by atoms with Crippen LogP contribution in [0.2, 0.25) is 0 Å². The van der Waals surface area contributed by atoms with Crippen LogP contribution >= 0.6 is 0 Å². The molecule has 0 aromatic heterocycles. The summed E-state index contributed by atoms with van der Waals surface area (Å²) >= 11 is 0. The molecule has 3 atom stereocenters. The minimum absolute atomic E-state index is 0.0211. The molecule has 3 unspecified atom stereocenters. The molecule has 1 aromatic carbocycles. The second-order valence-corrected chi connectivity index (χ2v) is 8.11. The third-order valence-corrected chi connectivity index (χ3v) is 6.34. The molecular formula is C16H23NO3S. The van der Waals surface area contributed by atoms with Crippen molar-refractivity contribution in [1.29, 1.82) is 0 Å². The van der Waals surface area contributed by atoms with Gasteiger partial charge in [0.1, 0.15) is 0 Å². The number of benzene rings is 1. The van der Waals surface area contributed by atoms with Crippen molar-refractivity contribution in [1.82, 2.24) is 4.31 Å². The lowest BCUT2D eigenvalue weighted by atomic mass is 9.88. The number of nitrogens with zero attached hydrogens (tertiary/aromatic N) is 1. The van der Waals surface area contributed by atoms with Gasteiger partial charge in [0, 0.05) is 18.2 Å². The van der Waals surface area contributed by atoms with Crippen LogP contribution in [0.1, 0.15) is 44.5 Å². The summed E-state index contributed by atoms with van der Waals surface area (Å²) in [6.07, 6.45) is 1.04. The molecule has 0 N–H and O–H groups in total. The molecule has 0 bridgehead atoms. The molecule has 21 heavy (non-hydrogen) atoms. The van der Waals surface area contributed by atoms with Gasteiger partial charge in [0.25, 0.3) is 0 Å². The van der Waals surface area contributed by atoms with Gasteiger partial charge in [0.15, 0.2) is 5.78 Å². The molecule has 1 heterocycles. The van der Waals surface area contributed by atoms with Gasteiger partial charge in [0.05, 0.1) is 4.90 Å². The van der Waals surface area contributed by atoms with E-state index in [9.17, 15) is 13.2 Å². The molecule has 0 aliphatic carbocycles. The topological polar surface area (TPSA) is 54.5 Å². The maximum Gasteiger partial charge on any atom is 0.243 e. The Morgan fingerprint density at radius 1 is 1.24 bits per heavy atom. The Bertz CT molecular complexity index is 639. The van der Waals surface area contributed by atoms with Gasteiger partial charge in [-0.25, -0.2) is 8.42 Å². The lowest BCUT2D eigenvalue weighted by Crippen LogP contribution is -2.48. The van der Waals surface area contributed by atoms with Crippen molar-refractivity contribution in [2.24, 2.45) is 11.8 Å². The molecule has 1 aromatic rings. The van der Waals surface area contributed by atoms with Crippen LogP contribution in [0.15, 0.2) is 29.2 Å². The van der Waals surface area contributed by atoms with E-state index in [-0.39, 0.29) is 16.7 Å². The number of carbonyl (C=O) groups is 1. The summed E-state index contributed by atoms with van der Waals surface area (Å²) in [6.45, 7) is 8.12. The van der Waals surface area contributed by atoms with Crippen molar-refractivity contribution in [2.75, 3.05) is 6.54 Å². The van der Waals surface area contributed by atoms with Crippen molar-refractivity contribution in [2.45, 2.75) is 45.1 Å². The summed E-state index contributed by atoms with van der Waals surface area (Å²) in [4.78, 5) is 11.7. The second kappa shape index (κ2) is 5.89. The van der Waals surface area contributed by atoms with E-state index < -0.39 is 10.0 Å². The Morgan fingerprint density at radius 2 is 1.90 bits per heavy atom. The zero-order valence-corrected chi connectivity index (χ0v) is 13.9. The highest BCUT2D eigenvalue weighted by molar-refractivity contribution is 7.89. The number of carbonyl (C=O) groups excluding carboxylic acids is 1. The molecule has 0 spiro atoms. The number of sulfonamides is 1. The van der Waals surface area contributed by atoms with E-state index in [2.05, 4.69) is 13.8 Å². The molecule has 0 amide bonds. The quantitative estimate of drug-likeness (QED) is 0.807. The molecule has 116 valence electrons. The van der Waals surface area contributed by atoms with E-state index in [1.54, 1.807) is 22.5 Å². The SMILES string of the molecule is CC(=O)c1cccc(S(=O)(=O)N2CC(C)CC(C)C2C)c1. The third kappa shape index (κ3) is 3.19. The second-order valence-electron chi connectivity index (χ2n) is 6.22. The number of ketones is 1. The normalized spacial score (nSPS) is 27.5. The van der Waals surface area contributed by atoms with Crippen molar-refractivity contribution in [3.63, 3.8) is 0 Å². The first-order valence-corrected chi connectivity index (χ1v) is 8.80. The van der Waals surface area contributed by atoms with E-state index in [0.29, 0.717) is 23.9 Å². The van der Waals surface area contributed by atoms with Gasteiger partial charge < -0.3 is 0 Å². The Hall–Kier alpha value is -1.20. The first kappa shape index (κ1) is 16.2. The van der Waals surface area contributed by atoms with E-state index in [1.165, 1.54) is 13.0 Å². The molecule has 5 heteroatoms. The van der Waals surface area contributed by atoms with Gasteiger partial charge in [-0.15, -0.1) is 0 Å². The summed E-state index contributed by atoms with van der Waals surface area (Å²) in [7, 11) is -3.55. The van der Waals surface area contributed by atoms with Crippen LogP contribution in [0, 0.1) is 11.8 Å². The fourth-order valence-electron chi connectivity index (χ4n) is 2.99. The summed E-state index contributed by atoms with van der Waals surface area (Å²) < 4.78 is 27.3. The predicted octanol–water partition coefficient (Wildman–Crippen LogP) is 2.94. The monoisotopic (exact) mass is 309 g/mol. The zero-order valence-electron chi connectivity index (χ0n) is 13.0. The maximum absolute atomic E-state index is 12.9. The average molecular weight is 309 g/mol. The molecule has 1 aliphatic heterocycles. The molecular weight excluding hydrogens is 286 g/mol. The van der Waals surface area contributed by atoms with Crippen molar-refractivity contribution in [3.8, 4) is 0 Å². The minimum atomic E-state index is -3.55. The van der Waals surface area contributed by atoms with Crippen LogP contribution in [0.3, 0.4) is 0 Å². The van der Waals surface area contributed by atoms with E-state index in [0.717, 1.165) is 6.42 Å². The molecule has 4 nitrogen and oxygen atoms in total. The van der Waals surface area contributed by atoms with Gasteiger partial charge in [-0.2, -0.15) is 4.31 Å². The Labute approximate surface area is 127 Å². The first-order chi connectivity index (χ1) is 9.73. The van der Waals surface area contributed by atoms with Crippen LogP contribution in [0.25, 0.3) is 0 Å². The Balaban J connectivity index is 2.41. The third-order valence-electron chi connectivity index (χ3n) is 4.39. The fraction of sp³-hybridized carbons (Fsp3) is 0.562. The number of Topliss-reactive ketones (excluding diaryl/α,β-unsaturated/α-hetero) is 1. The molecule has 2 rings (SSSR count). The number of hydrogen-bond acceptors (Lipinski definition) is 3. The summed E-state index contributed by atoms with van der Waals surface area (Å²) in [5, 5.41) is 0. The van der Waals surface area contributed by atoms with Gasteiger partial charge in [-0.1, -0.05) is 26.0 Å². The van der Waals surface area contributed by atoms with Crippen LogP contribution in [-0.4, -0.2) is 31.1 Å². The van der Waals surface area contributed by atoms with Crippen LogP contribution in [0.5, 0.6) is 0 Å². The van der Waals surface area contributed by atoms with E-state index in [1.807, 2.05) is 6.92 Å².